The van der Waals surface area contributed by atoms with Crippen LogP contribution >= 0.6 is 11.6 Å². The number of halogens is 1. The van der Waals surface area contributed by atoms with Crippen LogP contribution in [0.25, 0.3) is 0 Å². The Hall–Kier alpha value is 0.0200. The summed E-state index contributed by atoms with van der Waals surface area (Å²) in [5.41, 5.74) is -0.302. The van der Waals surface area contributed by atoms with Gasteiger partial charge in [-0.3, -0.25) is 14.3 Å². The van der Waals surface area contributed by atoms with Crippen LogP contribution in [0.2, 0.25) is 5.02 Å². The first kappa shape index (κ1) is 14.0. The maximum Gasteiger partial charge on any atom is 1.00 e. The van der Waals surface area contributed by atoms with E-state index in [2.05, 4.69) is 0 Å². The van der Waals surface area contributed by atoms with Gasteiger partial charge in [0.2, 0.25) is 0 Å². The molecule has 0 aliphatic carbocycles. The first-order valence-corrected chi connectivity index (χ1v) is 4.51. The van der Waals surface area contributed by atoms with Crippen molar-refractivity contribution in [2.24, 2.45) is 0 Å². The standard InChI is InChI=1S/C6H4ClNO4S.Na/c7-5-2-1-4(8(9)10)3-6(5)13(11)12;/h1-3H,(H,11,12);/q;+1/p-1. The molecule has 0 N–H and O–H groups in total. The van der Waals surface area contributed by atoms with Crippen LogP contribution < -0.4 is 29.6 Å². The van der Waals surface area contributed by atoms with Crippen LogP contribution in [0, 0.1) is 10.1 Å². The number of non-ortho nitro benzene ring substituents is 1. The molecule has 0 aliphatic rings. The molecule has 0 bridgehead atoms. The molecule has 0 heterocycles. The van der Waals surface area contributed by atoms with Crippen molar-refractivity contribution < 1.29 is 43.2 Å². The molecule has 0 radical (unpaired) electrons. The van der Waals surface area contributed by atoms with Gasteiger partial charge in [0.05, 0.1) is 14.8 Å². The van der Waals surface area contributed by atoms with Gasteiger partial charge in [0.1, 0.15) is 0 Å². The summed E-state index contributed by atoms with van der Waals surface area (Å²) in [5, 5.41) is 10.2. The molecule has 14 heavy (non-hydrogen) atoms. The monoisotopic (exact) mass is 243 g/mol. The minimum absolute atomic E-state index is 0. The molecule has 1 rings (SSSR count). The van der Waals surface area contributed by atoms with Gasteiger partial charge in [-0.1, -0.05) is 11.6 Å². The zero-order valence-corrected chi connectivity index (χ0v) is 10.7. The predicted octanol–water partition coefficient (Wildman–Crippen LogP) is -1.51. The van der Waals surface area contributed by atoms with Crippen LogP contribution in [-0.4, -0.2) is 13.7 Å². The Kier molecular flexibility index (Phi) is 5.80. The molecule has 0 aliphatic heterocycles. The molecule has 70 valence electrons. The summed E-state index contributed by atoms with van der Waals surface area (Å²) in [6, 6.07) is 3.22. The molecule has 1 atom stereocenters. The van der Waals surface area contributed by atoms with Gasteiger partial charge in [-0.2, -0.15) is 0 Å². The largest absolute Gasteiger partial charge is 1.00 e. The van der Waals surface area contributed by atoms with E-state index in [4.69, 9.17) is 11.6 Å². The van der Waals surface area contributed by atoms with Gasteiger partial charge in [0.15, 0.2) is 0 Å². The maximum absolute atomic E-state index is 10.5. The van der Waals surface area contributed by atoms with Crippen molar-refractivity contribution in [3.63, 3.8) is 0 Å². The van der Waals surface area contributed by atoms with Crippen molar-refractivity contribution in [1.29, 1.82) is 0 Å². The van der Waals surface area contributed by atoms with Crippen LogP contribution in [0.5, 0.6) is 0 Å². The molecule has 0 aromatic heterocycles. The van der Waals surface area contributed by atoms with Crippen molar-refractivity contribution in [2.45, 2.75) is 4.90 Å². The molecule has 1 unspecified atom stereocenters. The van der Waals surface area contributed by atoms with Crippen molar-refractivity contribution in [1.82, 2.24) is 0 Å². The van der Waals surface area contributed by atoms with Crippen LogP contribution in [0.4, 0.5) is 5.69 Å². The summed E-state index contributed by atoms with van der Waals surface area (Å²) in [6.07, 6.45) is 0. The second kappa shape index (κ2) is 5.79. The zero-order chi connectivity index (χ0) is 10.0. The van der Waals surface area contributed by atoms with Gasteiger partial charge < -0.3 is 4.55 Å². The van der Waals surface area contributed by atoms with Gasteiger partial charge in [0, 0.05) is 12.1 Å². The van der Waals surface area contributed by atoms with E-state index < -0.39 is 16.0 Å². The average Bonchev–Trinajstić information content (AvgIpc) is 2.04. The van der Waals surface area contributed by atoms with Crippen molar-refractivity contribution in [2.75, 3.05) is 0 Å². The summed E-state index contributed by atoms with van der Waals surface area (Å²) in [4.78, 5) is 9.29. The summed E-state index contributed by atoms with van der Waals surface area (Å²) >= 11 is 2.93. The van der Waals surface area contributed by atoms with E-state index >= 15 is 0 Å². The molecule has 1 aromatic carbocycles. The molecule has 8 heteroatoms. The number of hydrogen-bond donors (Lipinski definition) is 0. The van der Waals surface area contributed by atoms with Crippen LogP contribution in [0.1, 0.15) is 0 Å². The Morgan fingerprint density at radius 2 is 2.00 bits per heavy atom. The number of hydrogen-bond acceptors (Lipinski definition) is 4. The molecule has 5 nitrogen and oxygen atoms in total. The molecule has 1 aromatic rings. The molecular formula is C6H3ClNNaO4S. The Bertz CT molecular complexity index is 386. The molecule has 0 fully saturated rings. The Labute approximate surface area is 109 Å². The average molecular weight is 244 g/mol. The van der Waals surface area contributed by atoms with Gasteiger partial charge in [-0.15, -0.1) is 0 Å². The van der Waals surface area contributed by atoms with Crippen molar-refractivity contribution >= 4 is 28.4 Å². The Balaban J connectivity index is 0.00000169. The first-order chi connectivity index (χ1) is 6.02. The fourth-order valence-corrected chi connectivity index (χ4v) is 1.48. The van der Waals surface area contributed by atoms with E-state index in [1.165, 1.54) is 6.07 Å². The summed E-state index contributed by atoms with van der Waals surface area (Å²) in [7, 11) is 0. The summed E-state index contributed by atoms with van der Waals surface area (Å²) < 4.78 is 21.0. The molecule has 0 saturated heterocycles. The number of nitrogens with zero attached hydrogens (tertiary/aromatic N) is 1. The van der Waals surface area contributed by atoms with Crippen LogP contribution in [-0.2, 0) is 11.1 Å². The second-order valence-corrected chi connectivity index (χ2v) is 3.42. The maximum atomic E-state index is 10.5. The van der Waals surface area contributed by atoms with E-state index in [-0.39, 0.29) is 45.2 Å². The Morgan fingerprint density at radius 3 is 2.43 bits per heavy atom. The predicted molar refractivity (Wildman–Crippen MR) is 45.3 cm³/mol. The fourth-order valence-electron chi connectivity index (χ4n) is 0.733. The van der Waals surface area contributed by atoms with Gasteiger partial charge in [-0.05, 0) is 17.1 Å². The number of benzene rings is 1. The number of rotatable bonds is 2. The van der Waals surface area contributed by atoms with E-state index in [0.29, 0.717) is 0 Å². The molecule has 0 amide bonds. The van der Waals surface area contributed by atoms with Crippen LogP contribution in [0.3, 0.4) is 0 Å². The third kappa shape index (κ3) is 3.30. The topological polar surface area (TPSA) is 83.3 Å². The Morgan fingerprint density at radius 1 is 1.43 bits per heavy atom. The quantitative estimate of drug-likeness (QED) is 0.274. The summed E-state index contributed by atoms with van der Waals surface area (Å²) in [6.45, 7) is 0. The van der Waals surface area contributed by atoms with E-state index in [1.54, 1.807) is 0 Å². The first-order valence-electron chi connectivity index (χ1n) is 3.05. The normalized spacial score (nSPS) is 11.6. The van der Waals surface area contributed by atoms with E-state index in [1.807, 2.05) is 0 Å². The SMILES string of the molecule is O=[N+]([O-])c1ccc(Cl)c(S(=O)[O-])c1.[Na+]. The molecule has 0 saturated carbocycles. The van der Waals surface area contributed by atoms with Gasteiger partial charge in [0.25, 0.3) is 5.69 Å². The smallest absolute Gasteiger partial charge is 0.768 e. The molecular weight excluding hydrogens is 241 g/mol. The third-order valence-corrected chi connectivity index (χ3v) is 2.44. The number of nitro groups is 1. The van der Waals surface area contributed by atoms with Crippen molar-refractivity contribution in [3.8, 4) is 0 Å². The van der Waals surface area contributed by atoms with Gasteiger partial charge >= 0.3 is 29.6 Å². The fraction of sp³-hybridized carbons (Fsp3) is 0. The summed E-state index contributed by atoms with van der Waals surface area (Å²) in [5.74, 6) is 0. The van der Waals surface area contributed by atoms with Gasteiger partial charge in [-0.25, -0.2) is 0 Å². The minimum atomic E-state index is -2.55. The van der Waals surface area contributed by atoms with E-state index in [0.717, 1.165) is 12.1 Å². The number of nitro benzene ring substituents is 1. The second-order valence-electron chi connectivity index (χ2n) is 2.11. The van der Waals surface area contributed by atoms with Crippen molar-refractivity contribution in [3.05, 3.63) is 33.3 Å². The zero-order valence-electron chi connectivity index (χ0n) is 7.10. The van der Waals surface area contributed by atoms with E-state index in [9.17, 15) is 18.9 Å². The third-order valence-electron chi connectivity index (χ3n) is 1.31. The molecule has 0 spiro atoms. The van der Waals surface area contributed by atoms with Crippen LogP contribution in [0.15, 0.2) is 23.1 Å². The minimum Gasteiger partial charge on any atom is -0.768 e.